The van der Waals surface area contributed by atoms with Crippen LogP contribution in [0.5, 0.6) is 11.5 Å². The van der Waals surface area contributed by atoms with Crippen molar-refractivity contribution in [2.45, 2.75) is 42.8 Å². The number of benzene rings is 2. The largest absolute Gasteiger partial charge is 0.495 e. The lowest BCUT2D eigenvalue weighted by Gasteiger charge is -2.16. The molecule has 1 amide bonds. The van der Waals surface area contributed by atoms with Gasteiger partial charge in [-0.3, -0.25) is 4.79 Å². The van der Waals surface area contributed by atoms with Crippen LogP contribution in [-0.2, 0) is 10.0 Å². The molecule has 1 aliphatic rings. The number of hydrogen-bond donors (Lipinski definition) is 2. The Hall–Kier alpha value is -2.79. The van der Waals surface area contributed by atoms with Crippen molar-refractivity contribution in [3.8, 4) is 11.5 Å². The maximum absolute atomic E-state index is 12.9. The van der Waals surface area contributed by atoms with Gasteiger partial charge in [0.05, 0.1) is 7.11 Å². The smallest absolute Gasteiger partial charge is 0.422 e. The van der Waals surface area contributed by atoms with Crippen LogP contribution in [0.1, 0.15) is 36.0 Å². The van der Waals surface area contributed by atoms with E-state index in [4.69, 9.17) is 4.74 Å². The van der Waals surface area contributed by atoms with Gasteiger partial charge in [-0.1, -0.05) is 12.8 Å². The molecule has 0 atom stereocenters. The zero-order valence-electron chi connectivity index (χ0n) is 17.2. The first-order valence-electron chi connectivity index (χ1n) is 9.89. The van der Waals surface area contributed by atoms with Crippen molar-refractivity contribution < 1.29 is 35.9 Å². The van der Waals surface area contributed by atoms with Gasteiger partial charge in [-0.2, -0.15) is 13.2 Å². The van der Waals surface area contributed by atoms with Crippen molar-refractivity contribution in [3.05, 3.63) is 48.0 Å². The van der Waals surface area contributed by atoms with Gasteiger partial charge in [0.25, 0.3) is 5.91 Å². The van der Waals surface area contributed by atoms with Gasteiger partial charge in [-0.25, -0.2) is 13.1 Å². The van der Waals surface area contributed by atoms with Crippen LogP contribution in [0.15, 0.2) is 47.4 Å². The number of carbonyl (C=O) groups excluding carboxylic acids is 1. The summed E-state index contributed by atoms with van der Waals surface area (Å²) in [4.78, 5) is 12.5. The Balaban J connectivity index is 1.73. The number of carbonyl (C=O) groups is 1. The van der Waals surface area contributed by atoms with E-state index in [-0.39, 0.29) is 28.0 Å². The first kappa shape index (κ1) is 23.9. The molecule has 1 saturated carbocycles. The maximum Gasteiger partial charge on any atom is 0.422 e. The summed E-state index contributed by atoms with van der Waals surface area (Å²) in [6, 6.07) is 9.23. The quantitative estimate of drug-likeness (QED) is 0.603. The van der Waals surface area contributed by atoms with Crippen molar-refractivity contribution in [1.82, 2.24) is 4.72 Å². The van der Waals surface area contributed by atoms with E-state index in [0.717, 1.165) is 25.7 Å². The summed E-state index contributed by atoms with van der Waals surface area (Å²) in [7, 11) is -2.56. The second-order valence-corrected chi connectivity index (χ2v) is 9.03. The standard InChI is InChI=1S/C21H23F3N2O5S/c1-30-18-11-6-14(12-19(18)32(28,29)26-16-4-2-3-5-16)20(27)25-15-7-9-17(10-8-15)31-13-21(22,23)24/h6-12,16,26H,2-5,13H2,1H3,(H,25,27). The number of sulfonamides is 1. The van der Waals surface area contributed by atoms with Crippen molar-refractivity contribution in [1.29, 1.82) is 0 Å². The molecule has 0 unspecified atom stereocenters. The molecule has 1 fully saturated rings. The zero-order chi connectivity index (χ0) is 23.4. The second kappa shape index (κ2) is 9.78. The summed E-state index contributed by atoms with van der Waals surface area (Å²) in [5.74, 6) is -0.483. The molecule has 0 bridgehead atoms. The number of hydrogen-bond acceptors (Lipinski definition) is 5. The Kier molecular flexibility index (Phi) is 7.29. The van der Waals surface area contributed by atoms with Crippen LogP contribution in [-0.4, -0.2) is 40.3 Å². The minimum absolute atomic E-state index is 0.00358. The molecular weight excluding hydrogens is 449 g/mol. The van der Waals surface area contributed by atoms with Crippen LogP contribution in [0, 0.1) is 0 Å². The third-order valence-electron chi connectivity index (χ3n) is 4.91. The third kappa shape index (κ3) is 6.36. The summed E-state index contributed by atoms with van der Waals surface area (Å²) in [6.45, 7) is -1.42. The highest BCUT2D eigenvalue weighted by Gasteiger charge is 2.28. The highest BCUT2D eigenvalue weighted by Crippen LogP contribution is 2.28. The third-order valence-corrected chi connectivity index (χ3v) is 6.45. The van der Waals surface area contributed by atoms with E-state index < -0.39 is 28.7 Å². The summed E-state index contributed by atoms with van der Waals surface area (Å²) in [5.41, 5.74) is 0.383. The molecule has 1 aliphatic carbocycles. The molecule has 11 heteroatoms. The Morgan fingerprint density at radius 3 is 2.34 bits per heavy atom. The lowest BCUT2D eigenvalue weighted by Crippen LogP contribution is -2.33. The van der Waals surface area contributed by atoms with Crippen molar-refractivity contribution in [2.75, 3.05) is 19.0 Å². The van der Waals surface area contributed by atoms with E-state index in [1.54, 1.807) is 0 Å². The number of anilines is 1. The Morgan fingerprint density at radius 1 is 1.09 bits per heavy atom. The molecule has 32 heavy (non-hydrogen) atoms. The van der Waals surface area contributed by atoms with Gasteiger partial charge < -0.3 is 14.8 Å². The normalized spacial score (nSPS) is 14.9. The SMILES string of the molecule is COc1ccc(C(=O)Nc2ccc(OCC(F)(F)F)cc2)cc1S(=O)(=O)NC1CCCC1. The van der Waals surface area contributed by atoms with Crippen LogP contribution >= 0.6 is 0 Å². The molecule has 7 nitrogen and oxygen atoms in total. The van der Waals surface area contributed by atoms with Gasteiger partial charge in [0.1, 0.15) is 16.4 Å². The lowest BCUT2D eigenvalue weighted by molar-refractivity contribution is -0.153. The van der Waals surface area contributed by atoms with Crippen LogP contribution in [0.4, 0.5) is 18.9 Å². The number of amides is 1. The van der Waals surface area contributed by atoms with Gasteiger partial charge in [0.15, 0.2) is 6.61 Å². The fourth-order valence-electron chi connectivity index (χ4n) is 3.36. The van der Waals surface area contributed by atoms with Crippen molar-refractivity contribution in [3.63, 3.8) is 0 Å². The molecule has 0 spiro atoms. The highest BCUT2D eigenvalue weighted by molar-refractivity contribution is 7.89. The fourth-order valence-corrected chi connectivity index (χ4v) is 4.86. The number of ether oxygens (including phenoxy) is 2. The average molecular weight is 472 g/mol. The predicted molar refractivity (Wildman–Crippen MR) is 112 cm³/mol. The van der Waals surface area contributed by atoms with Gasteiger partial charge in [0, 0.05) is 17.3 Å². The zero-order valence-corrected chi connectivity index (χ0v) is 18.1. The van der Waals surface area contributed by atoms with Crippen molar-refractivity contribution >= 4 is 21.6 Å². The molecule has 2 aromatic rings. The molecule has 0 aliphatic heterocycles. The van der Waals surface area contributed by atoms with Gasteiger partial charge in [0.2, 0.25) is 10.0 Å². The lowest BCUT2D eigenvalue weighted by atomic mass is 10.2. The Morgan fingerprint density at radius 2 is 1.75 bits per heavy atom. The second-order valence-electron chi connectivity index (χ2n) is 7.35. The van der Waals surface area contributed by atoms with Gasteiger partial charge in [-0.05, 0) is 55.3 Å². The highest BCUT2D eigenvalue weighted by atomic mass is 32.2. The maximum atomic E-state index is 12.9. The van der Waals surface area contributed by atoms with E-state index in [2.05, 4.69) is 14.8 Å². The number of alkyl halides is 3. The van der Waals surface area contributed by atoms with Crippen LogP contribution in [0.2, 0.25) is 0 Å². The van der Waals surface area contributed by atoms with Crippen LogP contribution < -0.4 is 19.5 Å². The van der Waals surface area contributed by atoms with Gasteiger partial charge in [-0.15, -0.1) is 0 Å². The molecule has 3 rings (SSSR count). The minimum atomic E-state index is -4.45. The topological polar surface area (TPSA) is 93.7 Å². The van der Waals surface area contributed by atoms with E-state index in [1.165, 1.54) is 49.6 Å². The fraction of sp³-hybridized carbons (Fsp3) is 0.381. The first-order chi connectivity index (χ1) is 15.1. The molecule has 2 aromatic carbocycles. The molecule has 0 aromatic heterocycles. The molecule has 0 saturated heterocycles. The van der Waals surface area contributed by atoms with Crippen molar-refractivity contribution in [2.24, 2.45) is 0 Å². The predicted octanol–water partition coefficient (Wildman–Crippen LogP) is 4.11. The van der Waals surface area contributed by atoms with Crippen LogP contribution in [0.3, 0.4) is 0 Å². The van der Waals surface area contributed by atoms with Crippen LogP contribution in [0.25, 0.3) is 0 Å². The number of rotatable bonds is 8. The molecule has 2 N–H and O–H groups in total. The Bertz CT molecular complexity index is 1050. The minimum Gasteiger partial charge on any atom is -0.495 e. The molecule has 174 valence electrons. The number of nitrogens with one attached hydrogen (secondary N) is 2. The first-order valence-corrected chi connectivity index (χ1v) is 11.4. The number of methoxy groups -OCH3 is 1. The summed E-state index contributed by atoms with van der Waals surface area (Å²) < 4.78 is 74.8. The number of halogens is 3. The molecule has 0 radical (unpaired) electrons. The van der Waals surface area contributed by atoms with E-state index >= 15 is 0 Å². The summed E-state index contributed by atoms with van der Waals surface area (Å²) >= 11 is 0. The average Bonchev–Trinajstić information content (AvgIpc) is 3.24. The van der Waals surface area contributed by atoms with E-state index in [9.17, 15) is 26.4 Å². The monoisotopic (exact) mass is 472 g/mol. The molecule has 0 heterocycles. The van der Waals surface area contributed by atoms with Gasteiger partial charge >= 0.3 is 6.18 Å². The summed E-state index contributed by atoms with van der Waals surface area (Å²) in [6.07, 6.45) is -1.04. The Labute approximate surface area is 184 Å². The summed E-state index contributed by atoms with van der Waals surface area (Å²) in [5, 5.41) is 2.57. The molecular formula is C21H23F3N2O5S. The van der Waals surface area contributed by atoms with E-state index in [1.807, 2.05) is 0 Å². The van der Waals surface area contributed by atoms with E-state index in [0.29, 0.717) is 5.69 Å².